The van der Waals surface area contributed by atoms with E-state index in [4.69, 9.17) is 4.98 Å². The van der Waals surface area contributed by atoms with Crippen molar-refractivity contribution in [3.8, 4) is 11.4 Å². The predicted molar refractivity (Wildman–Crippen MR) is 113 cm³/mol. The molecule has 0 N–H and O–H groups in total. The fraction of sp³-hybridized carbons (Fsp3) is 0.348. The molecule has 1 saturated heterocycles. The maximum atomic E-state index is 4.76. The van der Waals surface area contributed by atoms with Crippen LogP contribution in [0.15, 0.2) is 55.2 Å². The quantitative estimate of drug-likeness (QED) is 0.696. The van der Waals surface area contributed by atoms with Crippen molar-refractivity contribution in [1.29, 1.82) is 0 Å². The Labute approximate surface area is 161 Å². The third-order valence-corrected chi connectivity index (χ3v) is 5.74. The van der Waals surface area contributed by atoms with Crippen LogP contribution < -0.4 is 0 Å². The van der Waals surface area contributed by atoms with Crippen LogP contribution in [0, 0.1) is 0 Å². The first-order chi connectivity index (χ1) is 13.1. The van der Waals surface area contributed by atoms with Crippen LogP contribution >= 0.6 is 0 Å². The Morgan fingerprint density at radius 2 is 1.70 bits per heavy atom. The van der Waals surface area contributed by atoms with Crippen LogP contribution in [0.25, 0.3) is 27.9 Å². The molecule has 0 aliphatic carbocycles. The minimum absolute atomic E-state index is 0.607. The fourth-order valence-corrected chi connectivity index (χ4v) is 4.02. The van der Waals surface area contributed by atoms with E-state index in [0.717, 1.165) is 43.4 Å². The predicted octanol–water partition coefficient (Wildman–Crippen LogP) is 4.24. The van der Waals surface area contributed by atoms with Crippen LogP contribution in [0.5, 0.6) is 0 Å². The molecule has 0 atom stereocenters. The minimum Gasteiger partial charge on any atom is -0.368 e. The van der Waals surface area contributed by atoms with Crippen molar-refractivity contribution in [3.05, 3.63) is 60.9 Å². The first-order valence-electron chi connectivity index (χ1n) is 9.74. The molecule has 0 radical (unpaired) electrons. The second-order valence-corrected chi connectivity index (χ2v) is 7.62. The number of imidazole rings is 1. The zero-order valence-corrected chi connectivity index (χ0v) is 16.5. The van der Waals surface area contributed by atoms with Crippen molar-refractivity contribution >= 4 is 16.5 Å². The molecule has 2 aromatic carbocycles. The summed E-state index contributed by atoms with van der Waals surface area (Å²) in [6.07, 6.45) is 1.97. The van der Waals surface area contributed by atoms with Crippen LogP contribution in [0.4, 0.5) is 0 Å². The fourth-order valence-electron chi connectivity index (χ4n) is 4.02. The number of hydrogen-bond donors (Lipinski definition) is 0. The van der Waals surface area contributed by atoms with Gasteiger partial charge in [-0.1, -0.05) is 49.0 Å². The summed E-state index contributed by atoms with van der Waals surface area (Å²) in [4.78, 5) is 9.67. The molecule has 27 heavy (non-hydrogen) atoms. The van der Waals surface area contributed by atoms with Crippen LogP contribution in [0.3, 0.4) is 0 Å². The van der Waals surface area contributed by atoms with Gasteiger partial charge in [0.2, 0.25) is 0 Å². The van der Waals surface area contributed by atoms with Crippen molar-refractivity contribution < 1.29 is 0 Å². The van der Waals surface area contributed by atoms with Gasteiger partial charge in [-0.2, -0.15) is 0 Å². The van der Waals surface area contributed by atoms with E-state index < -0.39 is 0 Å². The molecule has 2 heterocycles. The summed E-state index contributed by atoms with van der Waals surface area (Å²) in [6.45, 7) is 13.1. The van der Waals surface area contributed by atoms with Crippen LogP contribution in [-0.4, -0.2) is 51.6 Å². The minimum atomic E-state index is 0.607. The Morgan fingerprint density at radius 1 is 1.00 bits per heavy atom. The SMILES string of the molecule is C=C(c1cnc(-c2cccc3ccccc23)n1C)N1CCN(C(C)C)CC1. The van der Waals surface area contributed by atoms with Gasteiger partial charge < -0.3 is 9.47 Å². The van der Waals surface area contributed by atoms with Gasteiger partial charge in [-0.15, -0.1) is 0 Å². The van der Waals surface area contributed by atoms with Gasteiger partial charge in [0.05, 0.1) is 17.6 Å². The van der Waals surface area contributed by atoms with E-state index in [-0.39, 0.29) is 0 Å². The van der Waals surface area contributed by atoms with Gasteiger partial charge in [0.15, 0.2) is 0 Å². The van der Waals surface area contributed by atoms with Gasteiger partial charge in [-0.25, -0.2) is 4.98 Å². The lowest BCUT2D eigenvalue weighted by molar-refractivity contribution is 0.143. The maximum absolute atomic E-state index is 4.76. The standard InChI is InChI=1S/C23H28N4/c1-17(2)26-12-14-27(15-13-26)18(3)22-16-24-23(25(22)4)21-11-7-9-19-8-5-6-10-20(19)21/h5-11,16-17H,3,12-15H2,1-2,4H3. The second-order valence-electron chi connectivity index (χ2n) is 7.62. The molecule has 1 aromatic heterocycles. The van der Waals surface area contributed by atoms with Crippen molar-refractivity contribution in [3.63, 3.8) is 0 Å². The Morgan fingerprint density at radius 3 is 2.44 bits per heavy atom. The summed E-state index contributed by atoms with van der Waals surface area (Å²) in [5, 5.41) is 2.47. The lowest BCUT2D eigenvalue weighted by atomic mass is 10.0. The molecule has 0 bridgehead atoms. The molecule has 4 nitrogen and oxygen atoms in total. The van der Waals surface area contributed by atoms with E-state index in [1.54, 1.807) is 0 Å². The van der Waals surface area contributed by atoms with Gasteiger partial charge >= 0.3 is 0 Å². The summed E-state index contributed by atoms with van der Waals surface area (Å²) >= 11 is 0. The van der Waals surface area contributed by atoms with Gasteiger partial charge in [-0.05, 0) is 24.6 Å². The van der Waals surface area contributed by atoms with Crippen molar-refractivity contribution in [2.24, 2.45) is 7.05 Å². The Hall–Kier alpha value is -2.59. The zero-order valence-electron chi connectivity index (χ0n) is 16.5. The molecule has 0 spiro atoms. The van der Waals surface area contributed by atoms with E-state index in [2.05, 4.69) is 84.3 Å². The lowest BCUT2D eigenvalue weighted by Gasteiger charge is -2.38. The molecule has 0 amide bonds. The van der Waals surface area contributed by atoms with Crippen molar-refractivity contribution in [2.45, 2.75) is 19.9 Å². The molecular formula is C23H28N4. The molecule has 1 fully saturated rings. The first-order valence-corrected chi connectivity index (χ1v) is 9.74. The molecule has 140 valence electrons. The monoisotopic (exact) mass is 360 g/mol. The molecular weight excluding hydrogens is 332 g/mol. The van der Waals surface area contributed by atoms with E-state index in [9.17, 15) is 0 Å². The topological polar surface area (TPSA) is 24.3 Å². The molecule has 0 saturated carbocycles. The highest BCUT2D eigenvalue weighted by molar-refractivity contribution is 5.95. The third-order valence-electron chi connectivity index (χ3n) is 5.74. The van der Waals surface area contributed by atoms with Crippen LogP contribution in [0.1, 0.15) is 19.5 Å². The highest BCUT2D eigenvalue weighted by Gasteiger charge is 2.22. The number of piperazine rings is 1. The van der Waals surface area contributed by atoms with E-state index in [1.165, 1.54) is 16.3 Å². The van der Waals surface area contributed by atoms with Crippen molar-refractivity contribution in [1.82, 2.24) is 19.4 Å². The molecule has 1 aliphatic rings. The highest BCUT2D eigenvalue weighted by atomic mass is 15.3. The van der Waals surface area contributed by atoms with Gasteiger partial charge in [0.1, 0.15) is 5.82 Å². The van der Waals surface area contributed by atoms with E-state index in [1.807, 2.05) is 6.20 Å². The number of benzene rings is 2. The van der Waals surface area contributed by atoms with Crippen LogP contribution in [0.2, 0.25) is 0 Å². The molecule has 4 heteroatoms. The number of aromatic nitrogens is 2. The summed E-state index contributed by atoms with van der Waals surface area (Å²) in [6, 6.07) is 15.5. The third kappa shape index (κ3) is 3.26. The Bertz CT molecular complexity index is 956. The largest absolute Gasteiger partial charge is 0.368 e. The lowest BCUT2D eigenvalue weighted by Crippen LogP contribution is -2.48. The van der Waals surface area contributed by atoms with E-state index in [0.29, 0.717) is 6.04 Å². The maximum Gasteiger partial charge on any atom is 0.140 e. The smallest absolute Gasteiger partial charge is 0.140 e. The average molecular weight is 361 g/mol. The summed E-state index contributed by atoms with van der Waals surface area (Å²) < 4.78 is 2.18. The zero-order chi connectivity index (χ0) is 19.0. The van der Waals surface area contributed by atoms with Crippen molar-refractivity contribution in [2.75, 3.05) is 26.2 Å². The van der Waals surface area contributed by atoms with E-state index >= 15 is 0 Å². The number of rotatable bonds is 4. The summed E-state index contributed by atoms with van der Waals surface area (Å²) in [5.74, 6) is 0.990. The van der Waals surface area contributed by atoms with Crippen LogP contribution in [-0.2, 0) is 7.05 Å². The first kappa shape index (κ1) is 17.8. The second kappa shape index (κ2) is 7.20. The number of fused-ring (bicyclic) bond motifs is 1. The average Bonchev–Trinajstić information content (AvgIpc) is 3.08. The number of nitrogens with zero attached hydrogens (tertiary/aromatic N) is 4. The van der Waals surface area contributed by atoms with Gasteiger partial charge in [0, 0.05) is 44.8 Å². The van der Waals surface area contributed by atoms with Gasteiger partial charge in [0.25, 0.3) is 0 Å². The van der Waals surface area contributed by atoms with Gasteiger partial charge in [-0.3, -0.25) is 4.90 Å². The normalized spacial score (nSPS) is 15.6. The Kier molecular flexibility index (Phi) is 4.75. The molecule has 4 rings (SSSR count). The Balaban J connectivity index is 1.62. The summed E-state index contributed by atoms with van der Waals surface area (Å²) in [7, 11) is 2.09. The highest BCUT2D eigenvalue weighted by Crippen LogP contribution is 2.30. The summed E-state index contributed by atoms with van der Waals surface area (Å²) in [5.41, 5.74) is 3.33. The number of hydrogen-bond acceptors (Lipinski definition) is 3. The molecule has 0 unspecified atom stereocenters. The molecule has 1 aliphatic heterocycles. The molecule has 3 aromatic rings.